The lowest BCUT2D eigenvalue weighted by Gasteiger charge is -2.35. The highest BCUT2D eigenvalue weighted by atomic mass is 32.2. The highest BCUT2D eigenvalue weighted by Crippen LogP contribution is 2.51. The normalized spacial score (nSPS) is 21.7. The maximum atomic E-state index is 13.1. The first kappa shape index (κ1) is 17.2. The maximum Gasteiger partial charge on any atom is 0.248 e. The second kappa shape index (κ2) is 6.19. The van der Waals surface area contributed by atoms with E-state index >= 15 is 0 Å². The number of carbonyl (C=O) groups excluding carboxylic acids is 1. The van der Waals surface area contributed by atoms with Gasteiger partial charge in [-0.25, -0.2) is 4.98 Å². The Morgan fingerprint density at radius 2 is 1.96 bits per heavy atom. The summed E-state index contributed by atoms with van der Waals surface area (Å²) in [5.41, 5.74) is 3.42. The van der Waals surface area contributed by atoms with Crippen molar-refractivity contribution < 1.29 is 4.79 Å². The van der Waals surface area contributed by atoms with E-state index in [2.05, 4.69) is 16.9 Å². The van der Waals surface area contributed by atoms with E-state index in [-0.39, 0.29) is 17.2 Å². The number of aryl methyl sites for hydroxylation is 1. The van der Waals surface area contributed by atoms with Crippen LogP contribution in [-0.4, -0.2) is 36.6 Å². The molecule has 0 fully saturated rings. The molecule has 2 atom stereocenters. The Hall–Kier alpha value is -2.22. The quantitative estimate of drug-likeness (QED) is 0.616. The Morgan fingerprint density at radius 3 is 2.62 bits per heavy atom. The summed E-state index contributed by atoms with van der Waals surface area (Å²) in [6.45, 7) is 2.10. The lowest BCUT2D eigenvalue weighted by molar-refractivity contribution is -0.117. The molecule has 0 radical (unpaired) electrons. The van der Waals surface area contributed by atoms with E-state index in [1.165, 1.54) is 17.3 Å². The molecule has 1 aromatic heterocycles. The van der Waals surface area contributed by atoms with Gasteiger partial charge in [-0.1, -0.05) is 30.8 Å². The van der Waals surface area contributed by atoms with Crippen molar-refractivity contribution in [1.29, 1.82) is 0 Å². The van der Waals surface area contributed by atoms with Gasteiger partial charge in [0.15, 0.2) is 0 Å². The number of aromatic nitrogens is 1. The number of anilines is 1. The number of benzene rings is 1. The molecule has 26 heavy (non-hydrogen) atoms. The SMILES string of the molecule is CCc1ccc(N2C=NC3c4c([N+](C)(C)[O-])ccnc4SC3C2=O)cc1. The first-order valence-electron chi connectivity index (χ1n) is 8.56. The van der Waals surface area contributed by atoms with Crippen LogP contribution >= 0.6 is 11.8 Å². The molecule has 1 amide bonds. The molecule has 134 valence electrons. The number of thioether (sulfide) groups is 1. The fourth-order valence-corrected chi connectivity index (χ4v) is 4.64. The summed E-state index contributed by atoms with van der Waals surface area (Å²) in [6, 6.07) is 9.30. The topological polar surface area (TPSA) is 68.6 Å². The fraction of sp³-hybridized carbons (Fsp3) is 0.316. The molecular formula is C19H20N4O2S. The molecule has 2 unspecified atom stereocenters. The average molecular weight is 368 g/mol. The molecule has 4 rings (SSSR count). The average Bonchev–Trinajstić information content (AvgIpc) is 3.01. The molecule has 0 saturated heterocycles. The Kier molecular flexibility index (Phi) is 4.10. The van der Waals surface area contributed by atoms with Gasteiger partial charge in [0.2, 0.25) is 5.91 Å². The number of rotatable bonds is 3. The number of pyridine rings is 1. The van der Waals surface area contributed by atoms with E-state index in [0.717, 1.165) is 22.7 Å². The van der Waals surface area contributed by atoms with E-state index < -0.39 is 4.65 Å². The van der Waals surface area contributed by atoms with Crippen LogP contribution in [0.4, 0.5) is 11.4 Å². The van der Waals surface area contributed by atoms with E-state index in [4.69, 9.17) is 0 Å². The van der Waals surface area contributed by atoms with Crippen molar-refractivity contribution in [3.8, 4) is 0 Å². The van der Waals surface area contributed by atoms with E-state index in [9.17, 15) is 10.0 Å². The molecular weight excluding hydrogens is 348 g/mol. The molecule has 7 heteroatoms. The zero-order chi connectivity index (χ0) is 18.5. The molecule has 0 aliphatic carbocycles. The van der Waals surface area contributed by atoms with Crippen LogP contribution in [0, 0.1) is 5.21 Å². The Morgan fingerprint density at radius 1 is 1.23 bits per heavy atom. The van der Waals surface area contributed by atoms with Gasteiger partial charge in [0.25, 0.3) is 0 Å². The van der Waals surface area contributed by atoms with Gasteiger partial charge in [0.05, 0.1) is 26.0 Å². The molecule has 0 spiro atoms. The largest absolute Gasteiger partial charge is 0.628 e. The third kappa shape index (κ3) is 2.72. The summed E-state index contributed by atoms with van der Waals surface area (Å²) in [6.07, 6.45) is 4.17. The first-order valence-corrected chi connectivity index (χ1v) is 9.44. The van der Waals surface area contributed by atoms with Crippen molar-refractivity contribution in [3.63, 3.8) is 0 Å². The predicted octanol–water partition coefficient (Wildman–Crippen LogP) is 3.30. The van der Waals surface area contributed by atoms with E-state index in [1.807, 2.05) is 24.3 Å². The van der Waals surface area contributed by atoms with Crippen LogP contribution in [0.3, 0.4) is 0 Å². The van der Waals surface area contributed by atoms with Crippen molar-refractivity contribution in [2.45, 2.75) is 29.7 Å². The highest BCUT2D eigenvalue weighted by molar-refractivity contribution is 8.01. The summed E-state index contributed by atoms with van der Waals surface area (Å²) in [5, 5.41) is 12.9. The van der Waals surface area contributed by atoms with E-state index in [0.29, 0.717) is 5.69 Å². The zero-order valence-electron chi connectivity index (χ0n) is 14.9. The van der Waals surface area contributed by atoms with Crippen LogP contribution in [-0.2, 0) is 11.2 Å². The summed E-state index contributed by atoms with van der Waals surface area (Å²) in [7, 11) is 3.15. The van der Waals surface area contributed by atoms with Crippen molar-refractivity contribution in [1.82, 2.24) is 9.63 Å². The number of hydrogen-bond acceptors (Lipinski definition) is 5. The first-order chi connectivity index (χ1) is 12.4. The minimum Gasteiger partial charge on any atom is -0.628 e. The summed E-state index contributed by atoms with van der Waals surface area (Å²) >= 11 is 1.40. The van der Waals surface area contributed by atoms with Crippen LogP contribution < -0.4 is 9.55 Å². The summed E-state index contributed by atoms with van der Waals surface area (Å²) in [4.78, 5) is 23.7. The second-order valence-corrected chi connectivity index (χ2v) is 8.01. The lowest BCUT2D eigenvalue weighted by atomic mass is 10.0. The Labute approximate surface area is 156 Å². The third-order valence-electron chi connectivity index (χ3n) is 4.78. The second-order valence-electron chi connectivity index (χ2n) is 6.88. The number of hydroxylamine groups is 2. The van der Waals surface area contributed by atoms with Gasteiger partial charge < -0.3 is 9.85 Å². The van der Waals surface area contributed by atoms with Crippen LogP contribution in [0.5, 0.6) is 0 Å². The fourth-order valence-electron chi connectivity index (χ4n) is 3.38. The molecule has 0 N–H and O–H groups in total. The minimum atomic E-state index is -0.569. The van der Waals surface area contributed by atoms with Crippen molar-refractivity contribution in [3.05, 3.63) is 52.9 Å². The molecule has 2 aliphatic heterocycles. The van der Waals surface area contributed by atoms with Gasteiger partial charge in [-0.15, -0.1) is 0 Å². The van der Waals surface area contributed by atoms with Gasteiger partial charge in [-0.3, -0.25) is 14.7 Å². The third-order valence-corrected chi connectivity index (χ3v) is 6.04. The van der Waals surface area contributed by atoms with Crippen LogP contribution in [0.2, 0.25) is 0 Å². The molecule has 0 saturated carbocycles. The van der Waals surface area contributed by atoms with E-state index in [1.54, 1.807) is 37.6 Å². The number of nitrogens with zero attached hydrogens (tertiary/aromatic N) is 4. The number of amides is 1. The Balaban J connectivity index is 1.71. The molecule has 1 aromatic carbocycles. The lowest BCUT2D eigenvalue weighted by Crippen LogP contribution is -2.42. The smallest absolute Gasteiger partial charge is 0.248 e. The van der Waals surface area contributed by atoms with Crippen LogP contribution in [0.15, 0.2) is 46.5 Å². The molecule has 2 aromatic rings. The predicted molar refractivity (Wildman–Crippen MR) is 105 cm³/mol. The van der Waals surface area contributed by atoms with Gasteiger partial charge in [-0.2, -0.15) is 0 Å². The van der Waals surface area contributed by atoms with Gasteiger partial charge in [-0.05, 0) is 24.1 Å². The summed E-state index contributed by atoms with van der Waals surface area (Å²) < 4.78 is -0.569. The maximum absolute atomic E-state index is 13.1. The minimum absolute atomic E-state index is 0.0283. The van der Waals surface area contributed by atoms with Gasteiger partial charge >= 0.3 is 0 Å². The van der Waals surface area contributed by atoms with Crippen molar-refractivity contribution >= 4 is 35.4 Å². The molecule has 2 aliphatic rings. The molecule has 6 nitrogen and oxygen atoms in total. The number of fused-ring (bicyclic) bond motifs is 3. The molecule has 0 bridgehead atoms. The van der Waals surface area contributed by atoms with Gasteiger partial charge in [0.1, 0.15) is 22.0 Å². The summed E-state index contributed by atoms with van der Waals surface area (Å²) in [5.74, 6) is -0.0283. The standard InChI is InChI=1S/C19H20N4O2S/c1-4-12-5-7-13(8-6-12)22-11-21-16-15-14(23(2,3)25)9-10-20-18(15)26-17(16)19(22)24/h5-11,16-17H,4H2,1-3H3. The number of aliphatic imine (C=N–C) groups is 1. The Bertz CT molecular complexity index is 889. The van der Waals surface area contributed by atoms with Crippen molar-refractivity contribution in [2.24, 2.45) is 4.99 Å². The van der Waals surface area contributed by atoms with Crippen LogP contribution in [0.25, 0.3) is 0 Å². The number of quaternary nitrogens is 1. The number of carbonyl (C=O) groups is 1. The van der Waals surface area contributed by atoms with Crippen LogP contribution in [0.1, 0.15) is 24.1 Å². The van der Waals surface area contributed by atoms with Crippen molar-refractivity contribution in [2.75, 3.05) is 19.0 Å². The van der Waals surface area contributed by atoms with Gasteiger partial charge in [0, 0.05) is 18.0 Å². The number of hydrogen-bond donors (Lipinski definition) is 0. The monoisotopic (exact) mass is 368 g/mol. The zero-order valence-corrected chi connectivity index (χ0v) is 15.7. The highest BCUT2D eigenvalue weighted by Gasteiger charge is 2.46. The molecule has 3 heterocycles.